The van der Waals surface area contributed by atoms with Gasteiger partial charge >= 0.3 is 0 Å². The van der Waals surface area contributed by atoms with Crippen molar-refractivity contribution in [2.24, 2.45) is 5.92 Å². The quantitative estimate of drug-likeness (QED) is 0.844. The molecule has 1 aromatic carbocycles. The maximum Gasteiger partial charge on any atom is 0.252 e. The van der Waals surface area contributed by atoms with Crippen LogP contribution in [-0.4, -0.2) is 17.8 Å². The molecular weight excluding hydrogens is 308 g/mol. The number of carbonyl (C=O) groups excluding carboxylic acids is 1. The summed E-state index contributed by atoms with van der Waals surface area (Å²) < 4.78 is 13.3. The largest absolute Gasteiger partial charge is 0.351 e. The Morgan fingerprint density at radius 3 is 2.71 bits per heavy atom. The third-order valence-electron chi connectivity index (χ3n) is 2.36. The zero-order valence-corrected chi connectivity index (χ0v) is 12.0. The third-order valence-corrected chi connectivity index (χ3v) is 3.67. The summed E-state index contributed by atoms with van der Waals surface area (Å²) in [5.41, 5.74) is 0.402. The van der Waals surface area contributed by atoms with Crippen LogP contribution in [0.3, 0.4) is 0 Å². The molecule has 0 fully saturated rings. The van der Waals surface area contributed by atoms with E-state index in [1.54, 1.807) is 0 Å². The van der Waals surface area contributed by atoms with Crippen molar-refractivity contribution in [3.8, 4) is 0 Å². The first-order valence-corrected chi connectivity index (χ1v) is 6.52. The van der Waals surface area contributed by atoms with Gasteiger partial charge in [-0.1, -0.05) is 13.8 Å². The molecule has 1 amide bonds. The van der Waals surface area contributed by atoms with E-state index in [2.05, 4.69) is 21.2 Å². The van der Waals surface area contributed by atoms with Crippen LogP contribution in [0.4, 0.5) is 4.39 Å². The van der Waals surface area contributed by atoms with Crippen LogP contribution in [0.25, 0.3) is 0 Å². The molecule has 1 aromatic rings. The molecule has 1 atom stereocenters. The van der Waals surface area contributed by atoms with Gasteiger partial charge in [0.1, 0.15) is 5.82 Å². The second-order valence-corrected chi connectivity index (χ2v) is 5.51. The van der Waals surface area contributed by atoms with Gasteiger partial charge in [-0.05, 0) is 40.0 Å². The molecule has 5 heteroatoms. The van der Waals surface area contributed by atoms with Gasteiger partial charge in [-0.25, -0.2) is 4.39 Å². The first-order chi connectivity index (χ1) is 7.91. The fourth-order valence-corrected chi connectivity index (χ4v) is 1.80. The van der Waals surface area contributed by atoms with Gasteiger partial charge in [-0.3, -0.25) is 4.79 Å². The van der Waals surface area contributed by atoms with Crippen LogP contribution in [0.5, 0.6) is 0 Å². The van der Waals surface area contributed by atoms with Crippen LogP contribution in [0.15, 0.2) is 22.7 Å². The Bertz CT molecular complexity index is 411. The number of halogens is 3. The van der Waals surface area contributed by atoms with E-state index in [-0.39, 0.29) is 23.0 Å². The van der Waals surface area contributed by atoms with E-state index in [1.807, 2.05) is 13.8 Å². The monoisotopic (exact) mass is 321 g/mol. The predicted octanol–water partition coefficient (Wildman–Crippen LogP) is 3.58. The van der Waals surface area contributed by atoms with Gasteiger partial charge < -0.3 is 5.32 Å². The van der Waals surface area contributed by atoms with E-state index in [4.69, 9.17) is 11.6 Å². The summed E-state index contributed by atoms with van der Waals surface area (Å²) in [6, 6.07) is 3.95. The predicted molar refractivity (Wildman–Crippen MR) is 70.9 cm³/mol. The van der Waals surface area contributed by atoms with Crippen LogP contribution >= 0.6 is 27.5 Å². The van der Waals surface area contributed by atoms with Crippen molar-refractivity contribution >= 4 is 33.4 Å². The highest BCUT2D eigenvalue weighted by atomic mass is 79.9. The molecule has 0 aromatic heterocycles. The summed E-state index contributed by atoms with van der Waals surface area (Å²) in [6.07, 6.45) is 0. The highest BCUT2D eigenvalue weighted by molar-refractivity contribution is 9.10. The van der Waals surface area contributed by atoms with Gasteiger partial charge in [0.2, 0.25) is 0 Å². The van der Waals surface area contributed by atoms with Gasteiger partial charge in [0.15, 0.2) is 0 Å². The van der Waals surface area contributed by atoms with Gasteiger partial charge in [0, 0.05) is 11.0 Å². The molecule has 1 rings (SSSR count). The molecule has 0 bridgehead atoms. The Morgan fingerprint density at radius 1 is 1.53 bits per heavy atom. The van der Waals surface area contributed by atoms with E-state index in [0.29, 0.717) is 16.6 Å². The minimum atomic E-state index is -0.383. The second-order valence-electron chi connectivity index (χ2n) is 4.09. The SMILES string of the molecule is CC(C)C(Cl)CNC(=O)c1ccc(F)cc1Br. The summed E-state index contributed by atoms with van der Waals surface area (Å²) in [7, 11) is 0. The number of amides is 1. The summed E-state index contributed by atoms with van der Waals surface area (Å²) in [5, 5.41) is 2.60. The van der Waals surface area contributed by atoms with E-state index >= 15 is 0 Å². The first-order valence-electron chi connectivity index (χ1n) is 5.29. The zero-order valence-electron chi connectivity index (χ0n) is 9.64. The van der Waals surface area contributed by atoms with Crippen molar-refractivity contribution in [2.45, 2.75) is 19.2 Å². The summed E-state index contributed by atoms with van der Waals surface area (Å²) in [5.74, 6) is -0.359. The Kier molecular flexibility index (Phi) is 5.40. The fourth-order valence-electron chi connectivity index (χ4n) is 1.19. The molecule has 0 aliphatic rings. The maximum absolute atomic E-state index is 12.8. The lowest BCUT2D eigenvalue weighted by Gasteiger charge is -2.14. The van der Waals surface area contributed by atoms with Gasteiger partial charge in [-0.15, -0.1) is 11.6 Å². The summed E-state index contributed by atoms with van der Waals surface area (Å²) >= 11 is 9.18. The lowest BCUT2D eigenvalue weighted by atomic mass is 10.1. The number of hydrogen-bond acceptors (Lipinski definition) is 1. The minimum absolute atomic E-state index is 0.113. The molecule has 17 heavy (non-hydrogen) atoms. The molecule has 0 saturated heterocycles. The van der Waals surface area contributed by atoms with Crippen molar-refractivity contribution in [1.82, 2.24) is 5.32 Å². The second kappa shape index (κ2) is 6.36. The molecule has 94 valence electrons. The molecule has 0 spiro atoms. The molecule has 0 aliphatic heterocycles. The molecule has 2 nitrogen and oxygen atoms in total. The van der Waals surface area contributed by atoms with Gasteiger partial charge in [-0.2, -0.15) is 0 Å². The highest BCUT2D eigenvalue weighted by Crippen LogP contribution is 2.18. The third kappa shape index (κ3) is 4.28. The number of carbonyl (C=O) groups is 1. The van der Waals surface area contributed by atoms with Crippen molar-refractivity contribution in [3.63, 3.8) is 0 Å². The minimum Gasteiger partial charge on any atom is -0.351 e. The lowest BCUT2D eigenvalue weighted by molar-refractivity contribution is 0.0951. The maximum atomic E-state index is 12.8. The molecule has 0 heterocycles. The Morgan fingerprint density at radius 2 is 2.18 bits per heavy atom. The van der Waals surface area contributed by atoms with Gasteiger partial charge in [0.05, 0.1) is 10.9 Å². The Labute approximate surface area is 114 Å². The van der Waals surface area contributed by atoms with E-state index < -0.39 is 0 Å². The smallest absolute Gasteiger partial charge is 0.252 e. The van der Waals surface area contributed by atoms with Crippen LogP contribution in [-0.2, 0) is 0 Å². The molecular formula is C12H14BrClFNO. The average Bonchev–Trinajstić information content (AvgIpc) is 2.25. The average molecular weight is 323 g/mol. The number of hydrogen-bond donors (Lipinski definition) is 1. The Hall–Kier alpha value is -0.610. The number of rotatable bonds is 4. The molecule has 0 saturated carbocycles. The highest BCUT2D eigenvalue weighted by Gasteiger charge is 2.14. The van der Waals surface area contributed by atoms with Crippen molar-refractivity contribution < 1.29 is 9.18 Å². The summed E-state index contributed by atoms with van der Waals surface area (Å²) in [6.45, 7) is 4.36. The number of alkyl halides is 1. The Balaban J connectivity index is 2.64. The topological polar surface area (TPSA) is 29.1 Å². The van der Waals surface area contributed by atoms with E-state index in [9.17, 15) is 9.18 Å². The standard InChI is InChI=1S/C12H14BrClFNO/c1-7(2)11(14)6-16-12(17)9-4-3-8(15)5-10(9)13/h3-5,7,11H,6H2,1-2H3,(H,16,17). The van der Waals surface area contributed by atoms with Crippen molar-refractivity contribution in [1.29, 1.82) is 0 Å². The van der Waals surface area contributed by atoms with Gasteiger partial charge in [0.25, 0.3) is 5.91 Å². The number of nitrogens with one attached hydrogen (secondary N) is 1. The normalized spacial score (nSPS) is 12.6. The van der Waals surface area contributed by atoms with E-state index in [0.717, 1.165) is 0 Å². The van der Waals surface area contributed by atoms with Crippen LogP contribution in [0.1, 0.15) is 24.2 Å². The van der Waals surface area contributed by atoms with Crippen LogP contribution in [0, 0.1) is 11.7 Å². The molecule has 1 unspecified atom stereocenters. The van der Waals surface area contributed by atoms with Crippen LogP contribution in [0.2, 0.25) is 0 Å². The van der Waals surface area contributed by atoms with Crippen molar-refractivity contribution in [3.05, 3.63) is 34.1 Å². The zero-order chi connectivity index (χ0) is 13.0. The lowest BCUT2D eigenvalue weighted by Crippen LogP contribution is -2.32. The van der Waals surface area contributed by atoms with E-state index in [1.165, 1.54) is 18.2 Å². The van der Waals surface area contributed by atoms with Crippen LogP contribution < -0.4 is 5.32 Å². The fraction of sp³-hybridized carbons (Fsp3) is 0.417. The number of benzene rings is 1. The van der Waals surface area contributed by atoms with Crippen molar-refractivity contribution in [2.75, 3.05) is 6.54 Å². The molecule has 0 radical (unpaired) electrons. The molecule has 0 aliphatic carbocycles. The molecule has 1 N–H and O–H groups in total. The first kappa shape index (κ1) is 14.5. The summed E-state index contributed by atoms with van der Waals surface area (Å²) in [4.78, 5) is 11.8.